The molecule has 5 nitrogen and oxygen atoms in total. The summed E-state index contributed by atoms with van der Waals surface area (Å²) in [4.78, 5) is 30.2. The van der Waals surface area contributed by atoms with Crippen molar-refractivity contribution in [2.45, 2.75) is 56.7 Å². The van der Waals surface area contributed by atoms with Crippen molar-refractivity contribution in [3.05, 3.63) is 35.4 Å². The fourth-order valence-electron chi connectivity index (χ4n) is 4.82. The molecule has 1 aromatic carbocycles. The molecule has 0 aromatic heterocycles. The Balaban J connectivity index is 1.59. The number of rotatable bonds is 2. The summed E-state index contributed by atoms with van der Waals surface area (Å²) >= 11 is 0. The zero-order valence-corrected chi connectivity index (χ0v) is 15.0. The number of benzene rings is 1. The van der Waals surface area contributed by atoms with E-state index in [1.807, 2.05) is 23.1 Å². The lowest BCUT2D eigenvalue weighted by Gasteiger charge is -2.40. The van der Waals surface area contributed by atoms with Crippen LogP contribution in [0.15, 0.2) is 24.3 Å². The molecule has 5 heteroatoms. The van der Waals surface area contributed by atoms with Crippen LogP contribution in [0.5, 0.6) is 0 Å². The van der Waals surface area contributed by atoms with Gasteiger partial charge in [0.25, 0.3) is 5.91 Å². The third kappa shape index (κ3) is 2.74. The van der Waals surface area contributed by atoms with Gasteiger partial charge in [0.2, 0.25) is 0 Å². The topological polar surface area (TPSA) is 49.9 Å². The summed E-state index contributed by atoms with van der Waals surface area (Å²) in [6.45, 7) is 3.64. The molecular formula is C20H26N2O3. The maximum absolute atomic E-state index is 13.4. The number of hydrogen-bond donors (Lipinski definition) is 0. The van der Waals surface area contributed by atoms with Gasteiger partial charge in [-0.1, -0.05) is 18.2 Å². The number of likely N-dealkylation sites (tertiary alicyclic amines) is 2. The molecule has 134 valence electrons. The first-order valence-corrected chi connectivity index (χ1v) is 9.32. The Kier molecular flexibility index (Phi) is 4.07. The Labute approximate surface area is 148 Å². The molecule has 25 heavy (non-hydrogen) atoms. The number of likely N-dealkylation sites (N-methyl/N-ethyl adjacent to an activating group) is 1. The average molecular weight is 342 g/mol. The van der Waals surface area contributed by atoms with Gasteiger partial charge < -0.3 is 14.5 Å². The molecule has 0 spiro atoms. The van der Waals surface area contributed by atoms with Gasteiger partial charge in [0.1, 0.15) is 0 Å². The first-order chi connectivity index (χ1) is 12.0. The number of nitrogens with zero attached hydrogens (tertiary/aromatic N) is 2. The minimum Gasteiger partial charge on any atom is -0.445 e. The molecule has 0 N–H and O–H groups in total. The van der Waals surface area contributed by atoms with Gasteiger partial charge in [-0.2, -0.15) is 0 Å². The molecule has 2 fully saturated rings. The quantitative estimate of drug-likeness (QED) is 0.774. The second-order valence-corrected chi connectivity index (χ2v) is 7.85. The molecule has 4 rings (SSSR count). The summed E-state index contributed by atoms with van der Waals surface area (Å²) in [5, 5.41) is 0. The van der Waals surface area contributed by atoms with Gasteiger partial charge in [0.05, 0.1) is 5.56 Å². The van der Waals surface area contributed by atoms with E-state index in [1.165, 1.54) is 6.42 Å². The second-order valence-electron chi connectivity index (χ2n) is 7.85. The van der Waals surface area contributed by atoms with Gasteiger partial charge >= 0.3 is 5.97 Å². The van der Waals surface area contributed by atoms with Crippen molar-refractivity contribution in [3.63, 3.8) is 0 Å². The number of carbonyl (C=O) groups excluding carboxylic acids is 2. The van der Waals surface area contributed by atoms with E-state index in [2.05, 4.69) is 11.9 Å². The van der Waals surface area contributed by atoms with E-state index in [0.717, 1.165) is 37.9 Å². The fourth-order valence-corrected chi connectivity index (χ4v) is 4.82. The molecule has 0 bridgehead atoms. The van der Waals surface area contributed by atoms with Crippen LogP contribution in [0, 0.1) is 0 Å². The number of fused-ring (bicyclic) bond motifs is 1. The zero-order chi connectivity index (χ0) is 17.6. The van der Waals surface area contributed by atoms with E-state index in [1.54, 1.807) is 13.0 Å². The average Bonchev–Trinajstić information content (AvgIpc) is 3.22. The molecule has 1 aromatic rings. The Morgan fingerprint density at radius 2 is 1.88 bits per heavy atom. The highest BCUT2D eigenvalue weighted by Crippen LogP contribution is 2.35. The molecule has 2 saturated heterocycles. The summed E-state index contributed by atoms with van der Waals surface area (Å²) in [5.41, 5.74) is 0.398. The van der Waals surface area contributed by atoms with Gasteiger partial charge in [-0.3, -0.25) is 4.79 Å². The number of hydrogen-bond acceptors (Lipinski definition) is 4. The standard InChI is InChI=1S/C20H26N2O3/c1-20(13-14-7-3-4-8-15(14)18(23)25-20)19(24)22-12-6-10-17(22)16-9-5-11-21(16)2/h3-4,7-8,16-17H,5-6,9-13H2,1-2H3. The van der Waals surface area contributed by atoms with Crippen LogP contribution in [0.2, 0.25) is 0 Å². The van der Waals surface area contributed by atoms with E-state index in [4.69, 9.17) is 4.74 Å². The van der Waals surface area contributed by atoms with Crippen LogP contribution in [0.1, 0.15) is 48.5 Å². The van der Waals surface area contributed by atoms with Crippen molar-refractivity contribution >= 4 is 11.9 Å². The van der Waals surface area contributed by atoms with Gasteiger partial charge in [0, 0.05) is 25.0 Å². The summed E-state index contributed by atoms with van der Waals surface area (Å²) < 4.78 is 5.67. The van der Waals surface area contributed by atoms with Gasteiger partial charge in [-0.25, -0.2) is 4.79 Å². The molecule has 3 aliphatic rings. The third-order valence-corrected chi connectivity index (χ3v) is 6.12. The SMILES string of the molecule is CN1CCCC1C1CCCN1C(=O)C1(C)Cc2ccccc2C(=O)O1. The molecule has 0 radical (unpaired) electrons. The highest BCUT2D eigenvalue weighted by atomic mass is 16.6. The lowest BCUT2D eigenvalue weighted by atomic mass is 9.88. The predicted molar refractivity (Wildman–Crippen MR) is 94.4 cm³/mol. The smallest absolute Gasteiger partial charge is 0.339 e. The van der Waals surface area contributed by atoms with E-state index < -0.39 is 5.60 Å². The van der Waals surface area contributed by atoms with Crippen molar-refractivity contribution in [3.8, 4) is 0 Å². The zero-order valence-electron chi connectivity index (χ0n) is 15.0. The predicted octanol–water partition coefficient (Wildman–Crippen LogP) is 2.24. The molecule has 3 aliphatic heterocycles. The van der Waals surface area contributed by atoms with Crippen molar-refractivity contribution < 1.29 is 14.3 Å². The van der Waals surface area contributed by atoms with Crippen LogP contribution >= 0.6 is 0 Å². The summed E-state index contributed by atoms with van der Waals surface area (Å²) in [6, 6.07) is 8.11. The van der Waals surface area contributed by atoms with E-state index in [0.29, 0.717) is 18.0 Å². The Morgan fingerprint density at radius 1 is 1.16 bits per heavy atom. The number of esters is 1. The molecule has 0 aliphatic carbocycles. The minimum absolute atomic E-state index is 0.0295. The normalized spacial score (nSPS) is 32.6. The van der Waals surface area contributed by atoms with Crippen LogP contribution in [0.4, 0.5) is 0 Å². The lowest BCUT2D eigenvalue weighted by Crippen LogP contribution is -2.57. The molecular weight excluding hydrogens is 316 g/mol. The number of amides is 1. The molecule has 3 unspecified atom stereocenters. The van der Waals surface area contributed by atoms with Crippen LogP contribution in [-0.4, -0.2) is 59.5 Å². The first kappa shape index (κ1) is 16.6. The van der Waals surface area contributed by atoms with Crippen LogP contribution in [0.3, 0.4) is 0 Å². The summed E-state index contributed by atoms with van der Waals surface area (Å²) in [5.74, 6) is -0.412. The Hall–Kier alpha value is -1.88. The van der Waals surface area contributed by atoms with Crippen molar-refractivity contribution in [2.75, 3.05) is 20.1 Å². The monoisotopic (exact) mass is 342 g/mol. The van der Waals surface area contributed by atoms with Gasteiger partial charge in [0.15, 0.2) is 5.60 Å². The highest BCUT2D eigenvalue weighted by molar-refractivity contribution is 5.97. The number of carbonyl (C=O) groups is 2. The molecule has 3 heterocycles. The Morgan fingerprint density at radius 3 is 2.64 bits per heavy atom. The van der Waals surface area contributed by atoms with Crippen molar-refractivity contribution in [1.29, 1.82) is 0 Å². The molecule has 1 amide bonds. The van der Waals surface area contributed by atoms with E-state index in [-0.39, 0.29) is 17.9 Å². The minimum atomic E-state index is -1.09. The van der Waals surface area contributed by atoms with Crippen LogP contribution in [-0.2, 0) is 16.0 Å². The second kappa shape index (κ2) is 6.13. The van der Waals surface area contributed by atoms with Crippen LogP contribution in [0.25, 0.3) is 0 Å². The van der Waals surface area contributed by atoms with Crippen LogP contribution < -0.4 is 0 Å². The number of ether oxygens (including phenoxy) is 1. The lowest BCUT2D eigenvalue weighted by molar-refractivity contribution is -0.153. The molecule has 3 atom stereocenters. The fraction of sp³-hybridized carbons (Fsp3) is 0.600. The Bertz CT molecular complexity index is 704. The van der Waals surface area contributed by atoms with Crippen molar-refractivity contribution in [1.82, 2.24) is 9.80 Å². The maximum Gasteiger partial charge on any atom is 0.339 e. The highest BCUT2D eigenvalue weighted by Gasteiger charge is 2.49. The van der Waals surface area contributed by atoms with Gasteiger partial charge in [-0.05, 0) is 57.8 Å². The summed E-state index contributed by atoms with van der Waals surface area (Å²) in [7, 11) is 2.15. The van der Waals surface area contributed by atoms with Crippen molar-refractivity contribution in [2.24, 2.45) is 0 Å². The third-order valence-electron chi connectivity index (χ3n) is 6.12. The van der Waals surface area contributed by atoms with E-state index >= 15 is 0 Å². The number of cyclic esters (lactones) is 1. The van der Waals surface area contributed by atoms with E-state index in [9.17, 15) is 9.59 Å². The molecule has 0 saturated carbocycles. The maximum atomic E-state index is 13.4. The summed E-state index contributed by atoms with van der Waals surface area (Å²) in [6.07, 6.45) is 4.86. The largest absolute Gasteiger partial charge is 0.445 e. The van der Waals surface area contributed by atoms with Gasteiger partial charge in [-0.15, -0.1) is 0 Å². The first-order valence-electron chi connectivity index (χ1n) is 9.32.